The van der Waals surface area contributed by atoms with Gasteiger partial charge in [0.25, 0.3) is 0 Å². The molecule has 0 unspecified atom stereocenters. The smallest absolute Gasteiger partial charge is 0.234 e. The van der Waals surface area contributed by atoms with Gasteiger partial charge < -0.3 is 14.6 Å². The zero-order chi connectivity index (χ0) is 16.7. The van der Waals surface area contributed by atoms with E-state index in [1.54, 1.807) is 7.11 Å². The van der Waals surface area contributed by atoms with E-state index >= 15 is 0 Å². The topological polar surface area (TPSA) is 73.1 Å². The first-order valence-corrected chi connectivity index (χ1v) is 8.74. The van der Waals surface area contributed by atoms with E-state index in [0.29, 0.717) is 17.7 Å². The lowest BCUT2D eigenvalue weighted by Crippen LogP contribution is -2.43. The Morgan fingerprint density at radius 3 is 2.96 bits per heavy atom. The Labute approximate surface area is 142 Å². The lowest BCUT2D eigenvalue weighted by molar-refractivity contribution is 0.199. The number of aromatic nitrogens is 3. The zero-order valence-electron chi connectivity index (χ0n) is 14.6. The fraction of sp³-hybridized carbons (Fsp3) is 0.611. The number of hydrogen-bond donors (Lipinski definition) is 1. The molecule has 1 saturated carbocycles. The van der Waals surface area contributed by atoms with Crippen molar-refractivity contribution in [1.29, 1.82) is 0 Å². The first-order chi connectivity index (χ1) is 11.6. The van der Waals surface area contributed by atoms with Gasteiger partial charge in [-0.05, 0) is 51.3 Å². The second kappa shape index (κ2) is 5.84. The van der Waals surface area contributed by atoms with Gasteiger partial charge in [0, 0.05) is 11.7 Å². The second-order valence-corrected chi connectivity index (χ2v) is 7.05. The second-order valence-electron chi connectivity index (χ2n) is 7.05. The number of pyridine rings is 1. The zero-order valence-corrected chi connectivity index (χ0v) is 14.6. The first kappa shape index (κ1) is 15.6. The van der Waals surface area contributed by atoms with Crippen LogP contribution >= 0.6 is 0 Å². The summed E-state index contributed by atoms with van der Waals surface area (Å²) in [7, 11) is 1.63. The predicted octanol–water partition coefficient (Wildman–Crippen LogP) is 2.93. The van der Waals surface area contributed by atoms with Crippen molar-refractivity contribution in [3.8, 4) is 17.3 Å². The van der Waals surface area contributed by atoms with Gasteiger partial charge in [-0.15, -0.1) is 0 Å². The van der Waals surface area contributed by atoms with Gasteiger partial charge in [0.1, 0.15) is 0 Å². The molecule has 1 aliphatic heterocycles. The molecule has 0 amide bonds. The van der Waals surface area contributed by atoms with Crippen molar-refractivity contribution in [3.05, 3.63) is 23.2 Å². The molecule has 0 aromatic carbocycles. The third-order valence-corrected chi connectivity index (χ3v) is 5.57. The van der Waals surface area contributed by atoms with Gasteiger partial charge in [-0.25, -0.2) is 4.98 Å². The van der Waals surface area contributed by atoms with Gasteiger partial charge in [-0.1, -0.05) is 18.0 Å². The van der Waals surface area contributed by atoms with Crippen LogP contribution in [0.15, 0.2) is 10.6 Å². The van der Waals surface area contributed by atoms with Crippen LogP contribution in [0.4, 0.5) is 0 Å². The Hall–Kier alpha value is -1.95. The van der Waals surface area contributed by atoms with Crippen molar-refractivity contribution < 1.29 is 9.26 Å². The summed E-state index contributed by atoms with van der Waals surface area (Å²) in [6.45, 7) is 5.01. The SMILES string of the molecule is COc1nc(C)cc(C)c1-c1noc([C@@]23CCCC[C@@H]2NCC3)n1. The minimum atomic E-state index is 0.00274. The van der Waals surface area contributed by atoms with E-state index in [1.807, 2.05) is 19.9 Å². The molecule has 0 bridgehead atoms. The summed E-state index contributed by atoms with van der Waals surface area (Å²) in [4.78, 5) is 9.26. The number of rotatable bonds is 3. The van der Waals surface area contributed by atoms with E-state index in [1.165, 1.54) is 19.3 Å². The van der Waals surface area contributed by atoms with Crippen molar-refractivity contribution in [2.45, 2.75) is 57.4 Å². The molecule has 128 valence electrons. The van der Waals surface area contributed by atoms with Crippen LogP contribution < -0.4 is 10.1 Å². The minimum Gasteiger partial charge on any atom is -0.480 e. The van der Waals surface area contributed by atoms with Crippen molar-refractivity contribution >= 4 is 0 Å². The molecule has 2 aliphatic rings. The molecule has 2 aromatic heterocycles. The lowest BCUT2D eigenvalue weighted by Gasteiger charge is -2.35. The van der Waals surface area contributed by atoms with Gasteiger partial charge in [-0.3, -0.25) is 0 Å². The van der Waals surface area contributed by atoms with Crippen LogP contribution in [0.5, 0.6) is 5.88 Å². The molecule has 24 heavy (non-hydrogen) atoms. The summed E-state index contributed by atoms with van der Waals surface area (Å²) < 4.78 is 11.2. The van der Waals surface area contributed by atoms with Crippen LogP contribution in [-0.2, 0) is 5.41 Å². The molecule has 4 rings (SSSR count). The Morgan fingerprint density at radius 2 is 2.12 bits per heavy atom. The standard InChI is InChI=1S/C18H24N4O2/c1-11-10-12(2)20-16(23-3)14(11)15-21-17(24-22-15)18-7-5-4-6-13(18)19-9-8-18/h10,13,19H,4-9H2,1-3H3/t13-,18+/m0/s1. The van der Waals surface area contributed by atoms with Crippen molar-refractivity contribution in [2.75, 3.05) is 13.7 Å². The monoisotopic (exact) mass is 328 g/mol. The van der Waals surface area contributed by atoms with Crippen molar-refractivity contribution in [3.63, 3.8) is 0 Å². The fourth-order valence-electron chi connectivity index (χ4n) is 4.42. The van der Waals surface area contributed by atoms with Crippen LogP contribution in [0.1, 0.15) is 49.3 Å². The number of hydrogen-bond acceptors (Lipinski definition) is 6. The van der Waals surface area contributed by atoms with Gasteiger partial charge in [0.2, 0.25) is 17.6 Å². The van der Waals surface area contributed by atoms with Gasteiger partial charge in [0.15, 0.2) is 0 Å². The molecular formula is C18H24N4O2. The molecule has 0 spiro atoms. The fourth-order valence-corrected chi connectivity index (χ4v) is 4.42. The van der Waals surface area contributed by atoms with Crippen molar-refractivity contribution in [2.24, 2.45) is 0 Å². The summed E-state index contributed by atoms with van der Waals surface area (Å²) in [5.74, 6) is 1.91. The maximum absolute atomic E-state index is 5.76. The maximum Gasteiger partial charge on any atom is 0.234 e. The normalized spacial score (nSPS) is 26.4. The number of methoxy groups -OCH3 is 1. The quantitative estimate of drug-likeness (QED) is 0.934. The molecule has 2 fully saturated rings. The van der Waals surface area contributed by atoms with E-state index in [9.17, 15) is 0 Å². The molecule has 1 saturated heterocycles. The molecule has 1 N–H and O–H groups in total. The minimum absolute atomic E-state index is 0.00274. The molecule has 0 radical (unpaired) electrons. The van der Waals surface area contributed by atoms with E-state index in [-0.39, 0.29) is 5.41 Å². The Bertz CT molecular complexity index is 757. The van der Waals surface area contributed by atoms with Crippen LogP contribution in [-0.4, -0.2) is 34.8 Å². The Kier molecular flexibility index (Phi) is 3.79. The summed E-state index contributed by atoms with van der Waals surface area (Å²) in [6, 6.07) is 2.48. The Morgan fingerprint density at radius 1 is 1.25 bits per heavy atom. The molecule has 3 heterocycles. The number of fused-ring (bicyclic) bond motifs is 1. The third-order valence-electron chi connectivity index (χ3n) is 5.57. The highest BCUT2D eigenvalue weighted by atomic mass is 16.5. The van der Waals surface area contributed by atoms with Crippen LogP contribution in [0.2, 0.25) is 0 Å². The highest BCUT2D eigenvalue weighted by molar-refractivity contribution is 5.66. The lowest BCUT2D eigenvalue weighted by atomic mass is 9.70. The summed E-state index contributed by atoms with van der Waals surface area (Å²) >= 11 is 0. The van der Waals surface area contributed by atoms with E-state index < -0.39 is 0 Å². The van der Waals surface area contributed by atoms with E-state index in [4.69, 9.17) is 14.2 Å². The van der Waals surface area contributed by atoms with Crippen LogP contribution in [0.25, 0.3) is 11.4 Å². The largest absolute Gasteiger partial charge is 0.480 e. The molecule has 2 aromatic rings. The molecule has 6 heteroatoms. The molecule has 6 nitrogen and oxygen atoms in total. The van der Waals surface area contributed by atoms with Crippen LogP contribution in [0, 0.1) is 13.8 Å². The number of ether oxygens (including phenoxy) is 1. The van der Waals surface area contributed by atoms with E-state index in [0.717, 1.165) is 42.1 Å². The number of nitrogens with one attached hydrogen (secondary N) is 1. The predicted molar refractivity (Wildman–Crippen MR) is 90.1 cm³/mol. The third kappa shape index (κ3) is 2.32. The highest BCUT2D eigenvalue weighted by Gasteiger charge is 2.49. The summed E-state index contributed by atoms with van der Waals surface area (Å²) in [5, 5.41) is 7.91. The van der Waals surface area contributed by atoms with Gasteiger partial charge in [0.05, 0.1) is 18.1 Å². The van der Waals surface area contributed by atoms with Gasteiger partial charge in [-0.2, -0.15) is 4.98 Å². The summed E-state index contributed by atoms with van der Waals surface area (Å²) in [6.07, 6.45) is 5.88. The summed E-state index contributed by atoms with van der Waals surface area (Å²) in [5.41, 5.74) is 2.80. The van der Waals surface area contributed by atoms with Crippen LogP contribution in [0.3, 0.4) is 0 Å². The average Bonchev–Trinajstić information content (AvgIpc) is 3.21. The first-order valence-electron chi connectivity index (χ1n) is 8.74. The highest BCUT2D eigenvalue weighted by Crippen LogP contribution is 2.45. The molecule has 1 aliphatic carbocycles. The number of aryl methyl sites for hydroxylation is 2. The Balaban J connectivity index is 1.76. The van der Waals surface area contributed by atoms with Gasteiger partial charge >= 0.3 is 0 Å². The van der Waals surface area contributed by atoms with Crippen molar-refractivity contribution in [1.82, 2.24) is 20.4 Å². The average molecular weight is 328 g/mol. The van der Waals surface area contributed by atoms with E-state index in [2.05, 4.69) is 15.5 Å². The maximum atomic E-state index is 5.76. The number of nitrogens with zero attached hydrogens (tertiary/aromatic N) is 3. The molecular weight excluding hydrogens is 304 g/mol. The molecule has 2 atom stereocenters.